The second kappa shape index (κ2) is 8.71. The van der Waals surface area contributed by atoms with Gasteiger partial charge in [0.15, 0.2) is 5.76 Å². The van der Waals surface area contributed by atoms with Crippen molar-refractivity contribution >= 4 is 23.2 Å². The Morgan fingerprint density at radius 2 is 1.58 bits per heavy atom. The molecule has 2 N–H and O–H groups in total. The van der Waals surface area contributed by atoms with Gasteiger partial charge in [0, 0.05) is 23.4 Å². The van der Waals surface area contributed by atoms with Crippen molar-refractivity contribution in [3.63, 3.8) is 0 Å². The summed E-state index contributed by atoms with van der Waals surface area (Å²) in [5, 5.41) is 10.3. The Balaban J connectivity index is 1.59. The second-order valence-electron chi connectivity index (χ2n) is 7.31. The van der Waals surface area contributed by atoms with Crippen molar-refractivity contribution in [2.75, 3.05) is 10.6 Å². The Hall–Kier alpha value is -4.13. The van der Waals surface area contributed by atoms with Crippen molar-refractivity contribution in [3.05, 3.63) is 84.8 Å². The van der Waals surface area contributed by atoms with Crippen LogP contribution in [0.4, 0.5) is 11.4 Å². The molecule has 0 radical (unpaired) electrons. The summed E-state index contributed by atoms with van der Waals surface area (Å²) >= 11 is 0. The summed E-state index contributed by atoms with van der Waals surface area (Å²) in [6, 6.07) is 21.7. The van der Waals surface area contributed by atoms with Crippen molar-refractivity contribution < 1.29 is 14.0 Å². The third-order valence-corrected chi connectivity index (χ3v) is 4.65. The average Bonchev–Trinajstić information content (AvgIpc) is 3.46. The highest BCUT2D eigenvalue weighted by Gasteiger charge is 2.19. The Kier molecular flexibility index (Phi) is 5.66. The van der Waals surface area contributed by atoms with Gasteiger partial charge in [0.05, 0.1) is 12.0 Å². The Morgan fingerprint density at radius 1 is 0.903 bits per heavy atom. The van der Waals surface area contributed by atoms with E-state index in [2.05, 4.69) is 15.7 Å². The standard InChI is InChI=1S/C24H22N4O3/c1-16(2)23(29)25-17-10-12-18(13-11-17)26-24(30)21-15-20(22-9-6-14-31-22)27-28(21)19-7-4-3-5-8-19/h3-16H,1-2H3,(H,25,29)(H,26,30). The predicted octanol–water partition coefficient (Wildman–Crippen LogP) is 4.98. The molecule has 2 heterocycles. The van der Waals surface area contributed by atoms with Gasteiger partial charge in [-0.25, -0.2) is 4.68 Å². The van der Waals surface area contributed by atoms with Gasteiger partial charge >= 0.3 is 0 Å². The zero-order valence-corrected chi connectivity index (χ0v) is 17.2. The van der Waals surface area contributed by atoms with Crippen LogP contribution >= 0.6 is 0 Å². The first-order chi connectivity index (χ1) is 15.0. The summed E-state index contributed by atoms with van der Waals surface area (Å²) in [6.45, 7) is 3.66. The number of hydrogen-bond acceptors (Lipinski definition) is 4. The molecule has 156 valence electrons. The maximum absolute atomic E-state index is 13.1. The molecule has 0 atom stereocenters. The van der Waals surface area contributed by atoms with Gasteiger partial charge in [-0.05, 0) is 48.5 Å². The molecule has 7 nitrogen and oxygen atoms in total. The normalized spacial score (nSPS) is 10.8. The number of aromatic nitrogens is 2. The molecule has 0 unspecified atom stereocenters. The van der Waals surface area contributed by atoms with E-state index in [0.29, 0.717) is 28.5 Å². The number of furan rings is 1. The SMILES string of the molecule is CC(C)C(=O)Nc1ccc(NC(=O)c2cc(-c3ccco3)nn2-c2ccccc2)cc1. The molecule has 31 heavy (non-hydrogen) atoms. The van der Waals surface area contributed by atoms with E-state index in [4.69, 9.17) is 4.42 Å². The first kappa shape index (κ1) is 20.2. The van der Waals surface area contributed by atoms with E-state index >= 15 is 0 Å². The number of carbonyl (C=O) groups is 2. The maximum Gasteiger partial charge on any atom is 0.274 e. The van der Waals surface area contributed by atoms with Gasteiger partial charge in [-0.3, -0.25) is 9.59 Å². The first-order valence-electron chi connectivity index (χ1n) is 9.93. The summed E-state index contributed by atoms with van der Waals surface area (Å²) in [7, 11) is 0. The minimum atomic E-state index is -0.312. The van der Waals surface area contributed by atoms with Crippen LogP contribution in [0.25, 0.3) is 17.1 Å². The zero-order valence-electron chi connectivity index (χ0n) is 17.2. The summed E-state index contributed by atoms with van der Waals surface area (Å²) in [5.41, 5.74) is 2.97. The minimum Gasteiger partial charge on any atom is -0.463 e. The number of para-hydroxylation sites is 1. The monoisotopic (exact) mass is 414 g/mol. The minimum absolute atomic E-state index is 0.0611. The molecule has 0 aliphatic heterocycles. The molecular weight excluding hydrogens is 392 g/mol. The first-order valence-corrected chi connectivity index (χ1v) is 9.93. The van der Waals surface area contributed by atoms with Crippen LogP contribution in [0.2, 0.25) is 0 Å². The lowest BCUT2D eigenvalue weighted by atomic mass is 10.2. The van der Waals surface area contributed by atoms with Crippen molar-refractivity contribution in [1.82, 2.24) is 9.78 Å². The largest absolute Gasteiger partial charge is 0.463 e. The number of hydrogen-bond donors (Lipinski definition) is 2. The quantitative estimate of drug-likeness (QED) is 0.466. The fraction of sp³-hybridized carbons (Fsp3) is 0.125. The molecule has 0 aliphatic carbocycles. The molecule has 7 heteroatoms. The number of benzene rings is 2. The van der Waals surface area contributed by atoms with Crippen LogP contribution in [0.1, 0.15) is 24.3 Å². The Labute approximate surface area is 179 Å². The Bertz CT molecular complexity index is 1180. The van der Waals surface area contributed by atoms with Gasteiger partial charge < -0.3 is 15.1 Å². The molecule has 0 saturated carbocycles. The number of nitrogens with zero attached hydrogens (tertiary/aromatic N) is 2. The molecule has 4 aromatic rings. The highest BCUT2D eigenvalue weighted by atomic mass is 16.3. The third kappa shape index (κ3) is 4.56. The molecule has 0 saturated heterocycles. The predicted molar refractivity (Wildman–Crippen MR) is 119 cm³/mol. The summed E-state index contributed by atoms with van der Waals surface area (Å²) < 4.78 is 7.03. The van der Waals surface area contributed by atoms with Crippen LogP contribution in [-0.4, -0.2) is 21.6 Å². The van der Waals surface area contributed by atoms with Gasteiger partial charge in [-0.15, -0.1) is 0 Å². The van der Waals surface area contributed by atoms with E-state index in [1.54, 1.807) is 53.4 Å². The van der Waals surface area contributed by atoms with Gasteiger partial charge in [-0.1, -0.05) is 32.0 Å². The van der Waals surface area contributed by atoms with E-state index < -0.39 is 0 Å². The van der Waals surface area contributed by atoms with Crippen LogP contribution in [-0.2, 0) is 4.79 Å². The van der Waals surface area contributed by atoms with Gasteiger partial charge in [0.2, 0.25) is 5.91 Å². The molecule has 0 bridgehead atoms. The fourth-order valence-electron chi connectivity index (χ4n) is 2.97. The topological polar surface area (TPSA) is 89.2 Å². The molecule has 4 rings (SSSR count). The molecule has 0 spiro atoms. The number of amides is 2. The Morgan fingerprint density at radius 3 is 2.19 bits per heavy atom. The van der Waals surface area contributed by atoms with Crippen LogP contribution in [0, 0.1) is 5.92 Å². The number of rotatable bonds is 6. The molecule has 2 aromatic heterocycles. The van der Waals surface area contributed by atoms with Crippen LogP contribution in [0.3, 0.4) is 0 Å². The lowest BCUT2D eigenvalue weighted by Gasteiger charge is -2.10. The van der Waals surface area contributed by atoms with E-state index in [0.717, 1.165) is 5.69 Å². The summed E-state index contributed by atoms with van der Waals surface area (Å²) in [5.74, 6) is 0.0946. The van der Waals surface area contributed by atoms with Gasteiger partial charge in [0.1, 0.15) is 11.4 Å². The second-order valence-corrected chi connectivity index (χ2v) is 7.31. The smallest absolute Gasteiger partial charge is 0.274 e. The lowest BCUT2D eigenvalue weighted by molar-refractivity contribution is -0.118. The summed E-state index contributed by atoms with van der Waals surface area (Å²) in [4.78, 5) is 24.9. The average molecular weight is 414 g/mol. The van der Waals surface area contributed by atoms with Crippen LogP contribution in [0.15, 0.2) is 83.5 Å². The lowest BCUT2D eigenvalue weighted by Crippen LogP contribution is -2.18. The molecule has 0 fully saturated rings. The number of carbonyl (C=O) groups excluding carboxylic acids is 2. The van der Waals surface area contributed by atoms with E-state index in [9.17, 15) is 9.59 Å². The van der Waals surface area contributed by atoms with Crippen molar-refractivity contribution in [1.29, 1.82) is 0 Å². The van der Waals surface area contributed by atoms with Crippen molar-refractivity contribution in [3.8, 4) is 17.1 Å². The number of nitrogens with one attached hydrogen (secondary N) is 2. The van der Waals surface area contributed by atoms with Gasteiger partial charge in [0.25, 0.3) is 5.91 Å². The zero-order chi connectivity index (χ0) is 21.8. The maximum atomic E-state index is 13.1. The van der Waals surface area contributed by atoms with Crippen LogP contribution in [0.5, 0.6) is 0 Å². The molecular formula is C24H22N4O3. The van der Waals surface area contributed by atoms with E-state index in [1.807, 2.05) is 44.2 Å². The van der Waals surface area contributed by atoms with E-state index in [1.165, 1.54) is 0 Å². The molecule has 2 amide bonds. The van der Waals surface area contributed by atoms with Crippen molar-refractivity contribution in [2.45, 2.75) is 13.8 Å². The fourth-order valence-corrected chi connectivity index (χ4v) is 2.97. The highest BCUT2D eigenvalue weighted by Crippen LogP contribution is 2.23. The molecule has 0 aliphatic rings. The van der Waals surface area contributed by atoms with Crippen LogP contribution < -0.4 is 10.6 Å². The summed E-state index contributed by atoms with van der Waals surface area (Å²) in [6.07, 6.45) is 1.57. The van der Waals surface area contributed by atoms with Gasteiger partial charge in [-0.2, -0.15) is 5.10 Å². The number of anilines is 2. The molecule has 2 aromatic carbocycles. The highest BCUT2D eigenvalue weighted by molar-refractivity contribution is 6.04. The van der Waals surface area contributed by atoms with E-state index in [-0.39, 0.29) is 17.7 Å². The third-order valence-electron chi connectivity index (χ3n) is 4.65. The van der Waals surface area contributed by atoms with Crippen molar-refractivity contribution in [2.24, 2.45) is 5.92 Å².